The van der Waals surface area contributed by atoms with Crippen LogP contribution in [0.5, 0.6) is 0 Å². The second-order valence-corrected chi connectivity index (χ2v) is 7.55. The van der Waals surface area contributed by atoms with E-state index in [9.17, 15) is 18.5 Å². The van der Waals surface area contributed by atoms with Crippen molar-refractivity contribution in [3.8, 4) is 5.69 Å². The average molecular weight is 388 g/mol. The Kier molecular flexibility index (Phi) is 5.02. The second-order valence-electron chi connectivity index (χ2n) is 5.93. The molecular formula is C17H16N4O5S. The maximum Gasteiger partial charge on any atom is 0.297 e. The van der Waals surface area contributed by atoms with Gasteiger partial charge in [-0.1, -0.05) is 29.0 Å². The van der Waals surface area contributed by atoms with Gasteiger partial charge in [-0.3, -0.25) is 14.3 Å². The largest absolute Gasteiger partial charge is 0.297 e. The van der Waals surface area contributed by atoms with Crippen molar-refractivity contribution in [1.82, 2.24) is 15.0 Å². The molecule has 1 aromatic heterocycles. The number of rotatable bonds is 6. The fraction of sp³-hybridized carbons (Fsp3) is 0.176. The Bertz CT molecular complexity index is 1090. The summed E-state index contributed by atoms with van der Waals surface area (Å²) in [7, 11) is -3.94. The van der Waals surface area contributed by atoms with Crippen molar-refractivity contribution in [2.45, 2.75) is 25.3 Å². The molecule has 140 valence electrons. The molecule has 9 nitrogen and oxygen atoms in total. The van der Waals surface area contributed by atoms with E-state index in [-0.39, 0.29) is 28.6 Å². The lowest BCUT2D eigenvalue weighted by Crippen LogP contribution is -2.06. The highest BCUT2D eigenvalue weighted by Crippen LogP contribution is 2.23. The molecule has 2 aromatic carbocycles. The third-order valence-electron chi connectivity index (χ3n) is 3.79. The lowest BCUT2D eigenvalue weighted by atomic mass is 10.2. The Hall–Kier alpha value is -3.11. The number of nitro benzene ring substituents is 1. The van der Waals surface area contributed by atoms with Gasteiger partial charge < -0.3 is 0 Å². The first-order chi connectivity index (χ1) is 12.8. The van der Waals surface area contributed by atoms with Gasteiger partial charge >= 0.3 is 0 Å². The summed E-state index contributed by atoms with van der Waals surface area (Å²) in [4.78, 5) is 10.8. The number of nitro groups is 1. The molecule has 0 amide bonds. The van der Waals surface area contributed by atoms with Crippen molar-refractivity contribution >= 4 is 15.8 Å². The fourth-order valence-electron chi connectivity index (χ4n) is 2.37. The van der Waals surface area contributed by atoms with Crippen LogP contribution in [-0.2, 0) is 20.9 Å². The van der Waals surface area contributed by atoms with E-state index in [2.05, 4.69) is 10.3 Å². The van der Waals surface area contributed by atoms with E-state index in [1.807, 2.05) is 6.92 Å². The maximum atomic E-state index is 12.2. The number of aryl methyl sites for hydroxylation is 2. The van der Waals surface area contributed by atoms with E-state index in [1.165, 1.54) is 29.1 Å². The van der Waals surface area contributed by atoms with Crippen LogP contribution in [0.4, 0.5) is 5.69 Å². The van der Waals surface area contributed by atoms with Crippen molar-refractivity contribution in [3.63, 3.8) is 0 Å². The number of aromatic nitrogens is 3. The Morgan fingerprint density at radius 1 is 1.11 bits per heavy atom. The van der Waals surface area contributed by atoms with E-state index in [0.29, 0.717) is 0 Å². The molecule has 3 aromatic rings. The van der Waals surface area contributed by atoms with Crippen LogP contribution in [0, 0.1) is 24.0 Å². The average Bonchev–Trinajstić information content (AvgIpc) is 3.09. The van der Waals surface area contributed by atoms with E-state index in [0.717, 1.165) is 11.1 Å². The van der Waals surface area contributed by atoms with Crippen LogP contribution in [0.3, 0.4) is 0 Å². The van der Waals surface area contributed by atoms with Gasteiger partial charge in [0.2, 0.25) is 0 Å². The zero-order valence-corrected chi connectivity index (χ0v) is 15.4. The first kappa shape index (κ1) is 18.7. The molecule has 0 aliphatic rings. The summed E-state index contributed by atoms with van der Waals surface area (Å²) in [5.74, 6) is 0. The van der Waals surface area contributed by atoms with E-state index >= 15 is 0 Å². The van der Waals surface area contributed by atoms with E-state index in [4.69, 9.17) is 4.18 Å². The monoisotopic (exact) mass is 388 g/mol. The molecule has 0 saturated carbocycles. The van der Waals surface area contributed by atoms with Crippen LogP contribution in [-0.4, -0.2) is 28.3 Å². The zero-order chi connectivity index (χ0) is 19.6. The molecular weight excluding hydrogens is 372 g/mol. The number of hydrogen-bond donors (Lipinski definition) is 0. The smallest absolute Gasteiger partial charge is 0.260 e. The van der Waals surface area contributed by atoms with Gasteiger partial charge in [0, 0.05) is 6.07 Å². The molecule has 0 fully saturated rings. The summed E-state index contributed by atoms with van der Waals surface area (Å²) in [5, 5.41) is 18.9. The van der Waals surface area contributed by atoms with Gasteiger partial charge in [-0.25, -0.2) is 4.68 Å². The van der Waals surface area contributed by atoms with Gasteiger partial charge in [0.25, 0.3) is 15.8 Å². The highest BCUT2D eigenvalue weighted by atomic mass is 32.2. The molecule has 0 aliphatic heterocycles. The lowest BCUT2D eigenvalue weighted by Gasteiger charge is -2.04. The van der Waals surface area contributed by atoms with Crippen LogP contribution < -0.4 is 0 Å². The molecule has 0 unspecified atom stereocenters. The van der Waals surface area contributed by atoms with Gasteiger partial charge in [0.15, 0.2) is 0 Å². The Morgan fingerprint density at radius 2 is 1.78 bits per heavy atom. The molecule has 0 atom stereocenters. The molecule has 1 heterocycles. The van der Waals surface area contributed by atoms with Crippen LogP contribution >= 0.6 is 0 Å². The topological polar surface area (TPSA) is 117 Å². The van der Waals surface area contributed by atoms with Crippen molar-refractivity contribution in [2.75, 3.05) is 0 Å². The van der Waals surface area contributed by atoms with Crippen LogP contribution in [0.1, 0.15) is 16.8 Å². The Morgan fingerprint density at radius 3 is 2.44 bits per heavy atom. The normalized spacial score (nSPS) is 11.5. The fourth-order valence-corrected chi connectivity index (χ4v) is 3.25. The third-order valence-corrected chi connectivity index (χ3v) is 5.06. The lowest BCUT2D eigenvalue weighted by molar-refractivity contribution is -0.384. The molecule has 10 heteroatoms. The number of benzene rings is 2. The zero-order valence-electron chi connectivity index (χ0n) is 14.6. The SMILES string of the molecule is Cc1ccc(S(=O)(=O)OCc2cn(-c3ccc(C)cc3[N+](=O)[O-])nn2)cc1. The van der Waals surface area contributed by atoms with Crippen LogP contribution in [0.25, 0.3) is 5.69 Å². The quantitative estimate of drug-likeness (QED) is 0.362. The summed E-state index contributed by atoms with van der Waals surface area (Å²) in [5.41, 5.74) is 1.99. The minimum Gasteiger partial charge on any atom is -0.260 e. The molecule has 0 aliphatic carbocycles. The van der Waals surface area contributed by atoms with Crippen molar-refractivity contribution in [1.29, 1.82) is 0 Å². The van der Waals surface area contributed by atoms with E-state index in [1.54, 1.807) is 31.2 Å². The standard InChI is InChI=1S/C17H16N4O5S/c1-12-3-6-15(7-4-12)27(24,25)26-11-14-10-20(19-18-14)16-8-5-13(2)9-17(16)21(22)23/h3-10H,11H2,1-2H3. The molecule has 3 rings (SSSR count). The predicted molar refractivity (Wildman–Crippen MR) is 95.9 cm³/mol. The molecule has 0 bridgehead atoms. The molecule has 0 saturated heterocycles. The minimum atomic E-state index is -3.94. The summed E-state index contributed by atoms with van der Waals surface area (Å²) < 4.78 is 30.6. The first-order valence-corrected chi connectivity index (χ1v) is 9.30. The molecule has 0 N–H and O–H groups in total. The number of nitrogens with zero attached hydrogens (tertiary/aromatic N) is 4. The second kappa shape index (κ2) is 7.25. The summed E-state index contributed by atoms with van der Waals surface area (Å²) in [6, 6.07) is 10.9. The first-order valence-electron chi connectivity index (χ1n) is 7.89. The van der Waals surface area contributed by atoms with Crippen molar-refractivity contribution in [2.24, 2.45) is 0 Å². The number of hydrogen-bond acceptors (Lipinski definition) is 7. The summed E-state index contributed by atoms with van der Waals surface area (Å²) in [6.07, 6.45) is 1.39. The summed E-state index contributed by atoms with van der Waals surface area (Å²) >= 11 is 0. The Labute approximate surface area is 155 Å². The van der Waals surface area contributed by atoms with E-state index < -0.39 is 15.0 Å². The van der Waals surface area contributed by atoms with Gasteiger partial charge in [0.1, 0.15) is 18.0 Å². The van der Waals surface area contributed by atoms with Crippen LogP contribution in [0.15, 0.2) is 53.6 Å². The van der Waals surface area contributed by atoms with Gasteiger partial charge in [-0.05, 0) is 37.6 Å². The van der Waals surface area contributed by atoms with Crippen molar-refractivity contribution < 1.29 is 17.5 Å². The highest BCUT2D eigenvalue weighted by Gasteiger charge is 2.19. The Balaban J connectivity index is 1.79. The molecule has 0 spiro atoms. The van der Waals surface area contributed by atoms with Gasteiger partial charge in [-0.15, -0.1) is 5.10 Å². The van der Waals surface area contributed by atoms with Crippen molar-refractivity contribution in [3.05, 3.63) is 75.6 Å². The molecule has 27 heavy (non-hydrogen) atoms. The van der Waals surface area contributed by atoms with Crippen LogP contribution in [0.2, 0.25) is 0 Å². The third kappa shape index (κ3) is 4.18. The highest BCUT2D eigenvalue weighted by molar-refractivity contribution is 7.86. The van der Waals surface area contributed by atoms with Gasteiger partial charge in [0.05, 0.1) is 16.0 Å². The molecule has 0 radical (unpaired) electrons. The summed E-state index contributed by atoms with van der Waals surface area (Å²) in [6.45, 7) is 3.25. The predicted octanol–water partition coefficient (Wildman–Crippen LogP) is 2.70. The maximum absolute atomic E-state index is 12.2. The minimum absolute atomic E-state index is 0.0367. The van der Waals surface area contributed by atoms with Gasteiger partial charge in [-0.2, -0.15) is 8.42 Å².